The summed E-state index contributed by atoms with van der Waals surface area (Å²) in [4.78, 5) is 0. The Morgan fingerprint density at radius 2 is 1.56 bits per heavy atom. The lowest BCUT2D eigenvalue weighted by Crippen LogP contribution is -2.37. The topological polar surface area (TPSA) is 44.5 Å². The normalized spacial score (nSPS) is 52.0. The fourth-order valence-corrected chi connectivity index (χ4v) is 0.958. The maximum atomic E-state index is 5.51. The summed E-state index contributed by atoms with van der Waals surface area (Å²) in [7, 11) is 0. The van der Waals surface area contributed by atoms with Gasteiger partial charge in [0.15, 0.2) is 0 Å². The van der Waals surface area contributed by atoms with Crippen LogP contribution in [0, 0.1) is 0 Å². The van der Waals surface area contributed by atoms with Crippen molar-refractivity contribution in [2.24, 2.45) is 5.73 Å². The van der Waals surface area contributed by atoms with Crippen LogP contribution in [0.5, 0.6) is 0 Å². The molecule has 0 radical (unpaired) electrons. The average Bonchev–Trinajstić information content (AvgIpc) is 1.79. The third-order valence-electron chi connectivity index (χ3n) is 1.50. The minimum Gasteiger partial charge on any atom is -0.332 e. The van der Waals surface area contributed by atoms with Gasteiger partial charge < -0.3 is 9.47 Å². The Bertz CT molecular complexity index is 102. The van der Waals surface area contributed by atoms with Crippen LogP contribution in [0.3, 0.4) is 0 Å². The van der Waals surface area contributed by atoms with E-state index in [4.69, 9.17) is 15.2 Å². The van der Waals surface area contributed by atoms with Crippen molar-refractivity contribution < 1.29 is 9.47 Å². The summed E-state index contributed by atoms with van der Waals surface area (Å²) in [5.74, 6) is -0.862. The minimum absolute atomic E-state index is 0.111. The molecule has 54 valence electrons. The first-order valence-corrected chi connectivity index (χ1v) is 3.16. The highest BCUT2D eigenvalue weighted by Crippen LogP contribution is 2.22. The molecule has 0 aromatic rings. The molecule has 1 heterocycles. The Morgan fingerprint density at radius 1 is 1.22 bits per heavy atom. The molecule has 0 spiro atoms. The van der Waals surface area contributed by atoms with Crippen LogP contribution in [0.25, 0.3) is 0 Å². The molecule has 1 saturated heterocycles. The molecule has 2 atom stereocenters. The van der Waals surface area contributed by atoms with Crippen LogP contribution in [-0.2, 0) is 9.47 Å². The van der Waals surface area contributed by atoms with Gasteiger partial charge in [0.25, 0.3) is 0 Å². The Kier molecular flexibility index (Phi) is 1.50. The fraction of sp³-hybridized carbons (Fsp3) is 1.00. The summed E-state index contributed by atoms with van der Waals surface area (Å²) in [5, 5.41) is 0. The van der Waals surface area contributed by atoms with Crippen molar-refractivity contribution in [1.82, 2.24) is 0 Å². The zero-order chi connectivity index (χ0) is 7.07. The van der Waals surface area contributed by atoms with Gasteiger partial charge in [-0.1, -0.05) is 0 Å². The molecule has 0 aromatic heterocycles. The summed E-state index contributed by atoms with van der Waals surface area (Å²) in [6, 6.07) is 0. The first kappa shape index (κ1) is 6.99. The molecule has 3 nitrogen and oxygen atoms in total. The van der Waals surface area contributed by atoms with Crippen LogP contribution in [0.2, 0.25) is 0 Å². The summed E-state index contributed by atoms with van der Waals surface area (Å²) >= 11 is 0. The first-order chi connectivity index (χ1) is 4.01. The van der Waals surface area contributed by atoms with Crippen LogP contribution in [0.4, 0.5) is 0 Å². The summed E-state index contributed by atoms with van der Waals surface area (Å²) in [6.07, 6.45) is 0.222. The van der Waals surface area contributed by atoms with E-state index in [1.165, 1.54) is 0 Å². The third-order valence-corrected chi connectivity index (χ3v) is 1.50. The Hall–Kier alpha value is -0.120. The predicted octanol–water partition coefficient (Wildman–Crippen LogP) is 0.443. The highest BCUT2D eigenvalue weighted by atomic mass is 16.8. The molecule has 1 aliphatic rings. The number of hydrogen-bond acceptors (Lipinski definition) is 3. The van der Waals surface area contributed by atoms with Gasteiger partial charge in [-0.05, 0) is 13.8 Å². The van der Waals surface area contributed by atoms with E-state index in [1.807, 2.05) is 13.8 Å². The number of nitrogens with two attached hydrogens (primary N) is 1. The monoisotopic (exact) mass is 131 g/mol. The molecular formula is C6H13NO2. The molecule has 0 amide bonds. The van der Waals surface area contributed by atoms with Crippen molar-refractivity contribution in [3.8, 4) is 0 Å². The molecule has 9 heavy (non-hydrogen) atoms. The molecule has 2 N–H and O–H groups in total. The quantitative estimate of drug-likeness (QED) is 0.519. The van der Waals surface area contributed by atoms with Crippen molar-refractivity contribution in [3.05, 3.63) is 0 Å². The predicted molar refractivity (Wildman–Crippen MR) is 33.7 cm³/mol. The lowest BCUT2D eigenvalue weighted by Gasteiger charge is -2.15. The largest absolute Gasteiger partial charge is 0.332 e. The van der Waals surface area contributed by atoms with Crippen molar-refractivity contribution >= 4 is 0 Å². The van der Waals surface area contributed by atoms with Crippen molar-refractivity contribution in [1.29, 1.82) is 0 Å². The minimum atomic E-state index is -0.862. The van der Waals surface area contributed by atoms with Gasteiger partial charge >= 0.3 is 0 Å². The molecule has 0 bridgehead atoms. The van der Waals surface area contributed by atoms with Gasteiger partial charge in [-0.25, -0.2) is 0 Å². The zero-order valence-electron chi connectivity index (χ0n) is 6.05. The van der Waals surface area contributed by atoms with E-state index < -0.39 is 5.91 Å². The maximum absolute atomic E-state index is 5.51. The van der Waals surface area contributed by atoms with Gasteiger partial charge in [0.1, 0.15) is 0 Å². The van der Waals surface area contributed by atoms with Gasteiger partial charge in [0.2, 0.25) is 5.91 Å². The molecule has 1 fully saturated rings. The Morgan fingerprint density at radius 3 is 1.67 bits per heavy atom. The maximum Gasteiger partial charge on any atom is 0.222 e. The van der Waals surface area contributed by atoms with E-state index in [-0.39, 0.29) is 12.2 Å². The Balaban J connectivity index is 2.54. The molecule has 3 heteroatoms. The SMILES string of the molecule is CC1OC(C)(N)OC1C. The van der Waals surface area contributed by atoms with E-state index in [2.05, 4.69) is 0 Å². The van der Waals surface area contributed by atoms with Gasteiger partial charge in [-0.3, -0.25) is 5.73 Å². The molecule has 0 aliphatic carbocycles. The van der Waals surface area contributed by atoms with E-state index >= 15 is 0 Å². The van der Waals surface area contributed by atoms with Gasteiger partial charge in [0.05, 0.1) is 12.2 Å². The van der Waals surface area contributed by atoms with E-state index in [0.29, 0.717) is 0 Å². The molecule has 2 unspecified atom stereocenters. The smallest absolute Gasteiger partial charge is 0.222 e. The van der Waals surface area contributed by atoms with Gasteiger partial charge in [0, 0.05) is 6.92 Å². The lowest BCUT2D eigenvalue weighted by atomic mass is 10.3. The summed E-state index contributed by atoms with van der Waals surface area (Å²) in [6.45, 7) is 5.61. The van der Waals surface area contributed by atoms with Crippen LogP contribution in [-0.4, -0.2) is 18.1 Å². The van der Waals surface area contributed by atoms with E-state index in [0.717, 1.165) is 0 Å². The van der Waals surface area contributed by atoms with Gasteiger partial charge in [-0.15, -0.1) is 0 Å². The molecule has 1 rings (SSSR count). The summed E-state index contributed by atoms with van der Waals surface area (Å²) in [5.41, 5.74) is 5.51. The molecule has 1 aliphatic heterocycles. The van der Waals surface area contributed by atoms with E-state index in [9.17, 15) is 0 Å². The molecule has 0 aromatic carbocycles. The average molecular weight is 131 g/mol. The van der Waals surface area contributed by atoms with Crippen molar-refractivity contribution in [2.75, 3.05) is 0 Å². The van der Waals surface area contributed by atoms with Crippen LogP contribution in [0.15, 0.2) is 0 Å². The molecular weight excluding hydrogens is 118 g/mol. The third kappa shape index (κ3) is 1.41. The van der Waals surface area contributed by atoms with Crippen LogP contribution >= 0.6 is 0 Å². The zero-order valence-corrected chi connectivity index (χ0v) is 6.05. The summed E-state index contributed by atoms with van der Waals surface area (Å²) < 4.78 is 10.4. The first-order valence-electron chi connectivity index (χ1n) is 3.16. The second-order valence-corrected chi connectivity index (χ2v) is 2.66. The highest BCUT2D eigenvalue weighted by molar-refractivity contribution is 4.72. The number of hydrogen-bond donors (Lipinski definition) is 1. The van der Waals surface area contributed by atoms with Crippen LogP contribution < -0.4 is 5.73 Å². The standard InChI is InChI=1S/C6H13NO2/c1-4-5(2)9-6(3,7)8-4/h4-5H,7H2,1-3H3. The fourth-order valence-electron chi connectivity index (χ4n) is 0.958. The Labute approximate surface area is 55.1 Å². The van der Waals surface area contributed by atoms with Crippen LogP contribution in [0.1, 0.15) is 20.8 Å². The van der Waals surface area contributed by atoms with Crippen molar-refractivity contribution in [3.63, 3.8) is 0 Å². The second kappa shape index (κ2) is 1.94. The lowest BCUT2D eigenvalue weighted by molar-refractivity contribution is -0.153. The highest BCUT2D eigenvalue weighted by Gasteiger charge is 2.36. The number of rotatable bonds is 0. The molecule has 0 saturated carbocycles. The van der Waals surface area contributed by atoms with Crippen molar-refractivity contribution in [2.45, 2.75) is 38.9 Å². The number of ether oxygens (including phenoxy) is 2. The van der Waals surface area contributed by atoms with Gasteiger partial charge in [-0.2, -0.15) is 0 Å². The second-order valence-electron chi connectivity index (χ2n) is 2.66. The van der Waals surface area contributed by atoms with E-state index in [1.54, 1.807) is 6.92 Å².